The summed E-state index contributed by atoms with van der Waals surface area (Å²) in [6.07, 6.45) is 3.62. The van der Waals surface area contributed by atoms with Crippen LogP contribution in [0.15, 0.2) is 18.2 Å². The van der Waals surface area contributed by atoms with Gasteiger partial charge in [0, 0.05) is 13.2 Å². The Morgan fingerprint density at radius 3 is 3.06 bits per heavy atom. The monoisotopic (exact) mass is 219 g/mol. The molecule has 1 aliphatic carbocycles. The number of ether oxygens (including phenoxy) is 1. The van der Waals surface area contributed by atoms with Gasteiger partial charge in [-0.3, -0.25) is 0 Å². The second kappa shape index (κ2) is 5.46. The highest BCUT2D eigenvalue weighted by molar-refractivity contribution is 5.40. The SMILES string of the molecule is CCCNC1CCc2c(COC)cccc21. The second-order valence-electron chi connectivity index (χ2n) is 4.46. The van der Waals surface area contributed by atoms with E-state index in [1.807, 2.05) is 0 Å². The van der Waals surface area contributed by atoms with Crippen LogP contribution in [0, 0.1) is 0 Å². The smallest absolute Gasteiger partial charge is 0.0715 e. The van der Waals surface area contributed by atoms with Crippen molar-refractivity contribution in [2.45, 2.75) is 38.8 Å². The van der Waals surface area contributed by atoms with E-state index in [4.69, 9.17) is 4.74 Å². The average molecular weight is 219 g/mol. The van der Waals surface area contributed by atoms with Crippen LogP contribution in [0.1, 0.15) is 42.5 Å². The van der Waals surface area contributed by atoms with E-state index in [-0.39, 0.29) is 0 Å². The molecule has 2 rings (SSSR count). The van der Waals surface area contributed by atoms with Crippen LogP contribution in [0.3, 0.4) is 0 Å². The molecule has 0 heterocycles. The van der Waals surface area contributed by atoms with Crippen molar-refractivity contribution in [1.29, 1.82) is 0 Å². The van der Waals surface area contributed by atoms with Gasteiger partial charge in [-0.25, -0.2) is 0 Å². The van der Waals surface area contributed by atoms with Gasteiger partial charge in [0.15, 0.2) is 0 Å². The Morgan fingerprint density at radius 2 is 2.31 bits per heavy atom. The van der Waals surface area contributed by atoms with E-state index < -0.39 is 0 Å². The van der Waals surface area contributed by atoms with Gasteiger partial charge in [0.2, 0.25) is 0 Å². The van der Waals surface area contributed by atoms with Gasteiger partial charge >= 0.3 is 0 Å². The molecule has 1 N–H and O–H groups in total. The van der Waals surface area contributed by atoms with Crippen molar-refractivity contribution in [2.75, 3.05) is 13.7 Å². The number of benzene rings is 1. The lowest BCUT2D eigenvalue weighted by Crippen LogP contribution is -2.19. The molecule has 0 amide bonds. The zero-order valence-electron chi connectivity index (χ0n) is 10.3. The highest BCUT2D eigenvalue weighted by atomic mass is 16.5. The molecule has 0 aromatic heterocycles. The summed E-state index contributed by atoms with van der Waals surface area (Å²) in [6.45, 7) is 4.06. The number of rotatable bonds is 5. The molecule has 1 aromatic carbocycles. The lowest BCUT2D eigenvalue weighted by Gasteiger charge is -2.14. The van der Waals surface area contributed by atoms with Gasteiger partial charge in [-0.1, -0.05) is 25.1 Å². The van der Waals surface area contributed by atoms with Crippen molar-refractivity contribution >= 4 is 0 Å². The van der Waals surface area contributed by atoms with Crippen LogP contribution in [0.5, 0.6) is 0 Å². The molecule has 0 aliphatic heterocycles. The lowest BCUT2D eigenvalue weighted by molar-refractivity contribution is 0.184. The van der Waals surface area contributed by atoms with Gasteiger partial charge in [0.25, 0.3) is 0 Å². The maximum atomic E-state index is 5.25. The third-order valence-corrected chi connectivity index (χ3v) is 3.31. The molecule has 2 nitrogen and oxygen atoms in total. The maximum absolute atomic E-state index is 5.25. The second-order valence-corrected chi connectivity index (χ2v) is 4.46. The van der Waals surface area contributed by atoms with Crippen molar-refractivity contribution in [3.8, 4) is 0 Å². The quantitative estimate of drug-likeness (QED) is 0.822. The summed E-state index contributed by atoms with van der Waals surface area (Å²) in [5.41, 5.74) is 4.36. The van der Waals surface area contributed by atoms with Crippen LogP contribution in [-0.2, 0) is 17.8 Å². The van der Waals surface area contributed by atoms with Gasteiger partial charge in [-0.05, 0) is 42.5 Å². The van der Waals surface area contributed by atoms with Crippen LogP contribution in [0.2, 0.25) is 0 Å². The Morgan fingerprint density at radius 1 is 1.44 bits per heavy atom. The molecular weight excluding hydrogens is 198 g/mol. The molecule has 1 aliphatic rings. The third-order valence-electron chi connectivity index (χ3n) is 3.31. The zero-order valence-corrected chi connectivity index (χ0v) is 10.3. The average Bonchev–Trinajstić information content (AvgIpc) is 2.71. The summed E-state index contributed by atoms with van der Waals surface area (Å²) in [5.74, 6) is 0. The predicted molar refractivity (Wildman–Crippen MR) is 66.5 cm³/mol. The molecule has 16 heavy (non-hydrogen) atoms. The number of fused-ring (bicyclic) bond motifs is 1. The highest BCUT2D eigenvalue weighted by Gasteiger charge is 2.23. The molecular formula is C14H21NO. The Hall–Kier alpha value is -0.860. The van der Waals surface area contributed by atoms with Crippen LogP contribution in [0.25, 0.3) is 0 Å². The van der Waals surface area contributed by atoms with E-state index in [0.29, 0.717) is 6.04 Å². The fourth-order valence-electron chi connectivity index (χ4n) is 2.55. The summed E-state index contributed by atoms with van der Waals surface area (Å²) < 4.78 is 5.25. The minimum atomic E-state index is 0.562. The number of methoxy groups -OCH3 is 1. The van der Waals surface area contributed by atoms with Gasteiger partial charge < -0.3 is 10.1 Å². The van der Waals surface area contributed by atoms with Crippen molar-refractivity contribution in [2.24, 2.45) is 0 Å². The molecule has 2 heteroatoms. The van der Waals surface area contributed by atoms with E-state index in [1.54, 1.807) is 7.11 Å². The van der Waals surface area contributed by atoms with Gasteiger partial charge in [-0.2, -0.15) is 0 Å². The molecule has 0 radical (unpaired) electrons. The van der Waals surface area contributed by atoms with E-state index in [1.165, 1.54) is 36.0 Å². The van der Waals surface area contributed by atoms with Gasteiger partial charge in [-0.15, -0.1) is 0 Å². The molecule has 1 unspecified atom stereocenters. The van der Waals surface area contributed by atoms with E-state index in [2.05, 4.69) is 30.4 Å². The van der Waals surface area contributed by atoms with Crippen LogP contribution < -0.4 is 5.32 Å². The highest BCUT2D eigenvalue weighted by Crippen LogP contribution is 2.33. The maximum Gasteiger partial charge on any atom is 0.0715 e. The summed E-state index contributed by atoms with van der Waals surface area (Å²) in [7, 11) is 1.77. The predicted octanol–water partition coefficient (Wildman–Crippen LogP) is 2.82. The topological polar surface area (TPSA) is 21.3 Å². The van der Waals surface area contributed by atoms with Crippen molar-refractivity contribution in [3.05, 3.63) is 34.9 Å². The summed E-state index contributed by atoms with van der Waals surface area (Å²) in [5, 5.41) is 3.62. The van der Waals surface area contributed by atoms with Crippen molar-refractivity contribution in [1.82, 2.24) is 5.32 Å². The third kappa shape index (κ3) is 2.28. The first-order valence-electron chi connectivity index (χ1n) is 6.19. The Bertz CT molecular complexity index is 349. The number of hydrogen-bond acceptors (Lipinski definition) is 2. The largest absolute Gasteiger partial charge is 0.380 e. The standard InChI is InChI=1S/C14H21NO/c1-3-9-15-14-8-7-12-11(10-16-2)5-4-6-13(12)14/h4-6,14-15H,3,7-10H2,1-2H3. The fourth-order valence-corrected chi connectivity index (χ4v) is 2.55. The zero-order chi connectivity index (χ0) is 11.4. The molecule has 0 saturated carbocycles. The minimum absolute atomic E-state index is 0.562. The summed E-state index contributed by atoms with van der Waals surface area (Å²) in [4.78, 5) is 0. The Labute approximate surface area is 98.0 Å². The van der Waals surface area contributed by atoms with Crippen LogP contribution >= 0.6 is 0 Å². The van der Waals surface area contributed by atoms with Gasteiger partial charge in [0.05, 0.1) is 6.61 Å². The summed E-state index contributed by atoms with van der Waals surface area (Å²) in [6, 6.07) is 7.16. The fraction of sp³-hybridized carbons (Fsp3) is 0.571. The molecule has 0 spiro atoms. The Balaban J connectivity index is 2.16. The Kier molecular flexibility index (Phi) is 3.97. The first-order valence-corrected chi connectivity index (χ1v) is 6.19. The number of nitrogens with one attached hydrogen (secondary N) is 1. The molecule has 0 saturated heterocycles. The first-order chi connectivity index (χ1) is 7.86. The lowest BCUT2D eigenvalue weighted by atomic mass is 10.0. The molecule has 88 valence electrons. The van der Waals surface area contributed by atoms with Crippen LogP contribution in [-0.4, -0.2) is 13.7 Å². The number of hydrogen-bond donors (Lipinski definition) is 1. The normalized spacial score (nSPS) is 18.8. The molecule has 0 bridgehead atoms. The molecule has 1 atom stereocenters. The van der Waals surface area contributed by atoms with Crippen molar-refractivity contribution in [3.63, 3.8) is 0 Å². The molecule has 0 fully saturated rings. The molecule has 1 aromatic rings. The van der Waals surface area contributed by atoms with E-state index in [0.717, 1.165) is 13.2 Å². The first kappa shape index (κ1) is 11.6. The van der Waals surface area contributed by atoms with E-state index >= 15 is 0 Å². The summed E-state index contributed by atoms with van der Waals surface area (Å²) >= 11 is 0. The minimum Gasteiger partial charge on any atom is -0.380 e. The van der Waals surface area contributed by atoms with Gasteiger partial charge in [0.1, 0.15) is 0 Å². The van der Waals surface area contributed by atoms with E-state index in [9.17, 15) is 0 Å². The van der Waals surface area contributed by atoms with Crippen molar-refractivity contribution < 1.29 is 4.74 Å². The van der Waals surface area contributed by atoms with Crippen LogP contribution in [0.4, 0.5) is 0 Å².